The standard InChI is InChI=1S/C24H35N5O2/c1-16(31-15-18-10-11-18)12-13-25-17(2)22-26-20-9-7-8-19(20)23(27-22)29(6)14-21(30)28-24(3,4)5/h12-13,18H,2,7-11,14-15H2,1,3-6H3,(H,28,30)/b16-12+,25-13?. The summed E-state index contributed by atoms with van der Waals surface area (Å²) in [5.74, 6) is 2.81. The average molecular weight is 426 g/mol. The molecule has 1 heterocycles. The molecule has 1 saturated carbocycles. The summed E-state index contributed by atoms with van der Waals surface area (Å²) < 4.78 is 5.70. The zero-order valence-electron chi connectivity index (χ0n) is 19.5. The van der Waals surface area contributed by atoms with Gasteiger partial charge in [-0.05, 0) is 71.8 Å². The first-order chi connectivity index (χ1) is 14.6. The number of nitrogens with zero attached hydrogens (tertiary/aromatic N) is 4. The topological polar surface area (TPSA) is 79.7 Å². The number of hydrogen-bond acceptors (Lipinski definition) is 6. The maximum Gasteiger partial charge on any atom is 0.239 e. The SMILES string of the molecule is C=C(N=C/C=C(\C)OCC1CC1)c1nc2c(c(N(C)CC(=O)NC(C)(C)C)n1)CCC2. The number of aryl methyl sites for hydroxylation is 1. The van der Waals surface area contributed by atoms with Crippen molar-refractivity contribution in [3.63, 3.8) is 0 Å². The number of aromatic nitrogens is 2. The van der Waals surface area contributed by atoms with E-state index in [-0.39, 0.29) is 18.0 Å². The van der Waals surface area contributed by atoms with Crippen LogP contribution in [-0.4, -0.2) is 47.8 Å². The maximum atomic E-state index is 12.4. The smallest absolute Gasteiger partial charge is 0.239 e. The van der Waals surface area contributed by atoms with Crippen LogP contribution in [0.4, 0.5) is 5.82 Å². The molecule has 7 nitrogen and oxygen atoms in total. The second-order valence-electron chi connectivity index (χ2n) is 9.56. The van der Waals surface area contributed by atoms with E-state index >= 15 is 0 Å². The number of nitrogens with one attached hydrogen (secondary N) is 1. The Kier molecular flexibility index (Phi) is 7.13. The van der Waals surface area contributed by atoms with Crippen molar-refractivity contribution < 1.29 is 9.53 Å². The Morgan fingerprint density at radius 1 is 1.32 bits per heavy atom. The number of carbonyl (C=O) groups excluding carboxylic acids is 1. The Labute approximate surface area is 185 Å². The van der Waals surface area contributed by atoms with E-state index in [9.17, 15) is 4.79 Å². The Morgan fingerprint density at radius 3 is 2.74 bits per heavy atom. The van der Waals surface area contributed by atoms with Gasteiger partial charge in [0.15, 0.2) is 5.82 Å². The van der Waals surface area contributed by atoms with E-state index in [2.05, 4.69) is 16.9 Å². The summed E-state index contributed by atoms with van der Waals surface area (Å²) in [5, 5.41) is 3.00. The van der Waals surface area contributed by atoms with Crippen LogP contribution in [-0.2, 0) is 22.4 Å². The van der Waals surface area contributed by atoms with E-state index in [1.165, 1.54) is 12.8 Å². The fourth-order valence-electron chi connectivity index (χ4n) is 3.48. The molecule has 31 heavy (non-hydrogen) atoms. The number of allylic oxidation sites excluding steroid dienone is 2. The normalized spacial score (nSPS) is 16.4. The quantitative estimate of drug-likeness (QED) is 0.482. The van der Waals surface area contributed by atoms with Gasteiger partial charge >= 0.3 is 0 Å². The Balaban J connectivity index is 1.71. The van der Waals surface area contributed by atoms with Gasteiger partial charge in [0.25, 0.3) is 0 Å². The third kappa shape index (κ3) is 6.91. The van der Waals surface area contributed by atoms with E-state index in [4.69, 9.17) is 14.7 Å². The number of ether oxygens (including phenoxy) is 1. The second-order valence-corrected chi connectivity index (χ2v) is 9.56. The lowest BCUT2D eigenvalue weighted by Gasteiger charge is -2.25. The van der Waals surface area contributed by atoms with Gasteiger partial charge in [-0.2, -0.15) is 0 Å². The van der Waals surface area contributed by atoms with E-state index in [0.29, 0.717) is 11.5 Å². The molecule has 0 radical (unpaired) electrons. The van der Waals surface area contributed by atoms with Gasteiger partial charge in [-0.15, -0.1) is 0 Å². The summed E-state index contributed by atoms with van der Waals surface area (Å²) in [6.07, 6.45) is 8.92. The zero-order chi connectivity index (χ0) is 22.6. The Hall–Kier alpha value is -2.70. The summed E-state index contributed by atoms with van der Waals surface area (Å²) in [7, 11) is 1.89. The molecule has 0 aromatic carbocycles. The van der Waals surface area contributed by atoms with Crippen molar-refractivity contribution in [3.05, 3.63) is 35.5 Å². The van der Waals surface area contributed by atoms with E-state index in [1.54, 1.807) is 6.21 Å². The molecule has 0 unspecified atom stereocenters. The molecule has 1 N–H and O–H groups in total. The van der Waals surface area contributed by atoms with Crippen LogP contribution in [0.1, 0.15) is 64.0 Å². The maximum absolute atomic E-state index is 12.4. The van der Waals surface area contributed by atoms with Gasteiger partial charge < -0.3 is 15.0 Å². The number of aliphatic imine (C=N–C) groups is 1. The molecule has 2 aliphatic carbocycles. The molecule has 0 bridgehead atoms. The number of amides is 1. The fraction of sp³-hybridized carbons (Fsp3) is 0.583. The second kappa shape index (κ2) is 9.62. The highest BCUT2D eigenvalue weighted by molar-refractivity contribution is 5.82. The zero-order valence-corrected chi connectivity index (χ0v) is 19.5. The third-order valence-corrected chi connectivity index (χ3v) is 5.21. The number of hydrogen-bond donors (Lipinski definition) is 1. The van der Waals surface area contributed by atoms with Gasteiger partial charge in [-0.3, -0.25) is 9.79 Å². The van der Waals surface area contributed by atoms with Crippen LogP contribution in [0.15, 0.2) is 23.4 Å². The highest BCUT2D eigenvalue weighted by Crippen LogP contribution is 2.30. The van der Waals surface area contributed by atoms with Crippen molar-refractivity contribution in [2.45, 2.75) is 65.3 Å². The molecule has 1 aromatic heterocycles. The van der Waals surface area contributed by atoms with Crippen molar-refractivity contribution in [1.29, 1.82) is 0 Å². The molecule has 2 aliphatic rings. The van der Waals surface area contributed by atoms with E-state index in [1.807, 2.05) is 45.7 Å². The largest absolute Gasteiger partial charge is 0.498 e. The van der Waals surface area contributed by atoms with Gasteiger partial charge in [0.05, 0.1) is 18.9 Å². The molecule has 7 heteroatoms. The molecule has 168 valence electrons. The first-order valence-electron chi connectivity index (χ1n) is 11.1. The number of anilines is 1. The van der Waals surface area contributed by atoms with Gasteiger partial charge in [0.1, 0.15) is 11.5 Å². The summed E-state index contributed by atoms with van der Waals surface area (Å²) in [5.41, 5.74) is 2.37. The van der Waals surface area contributed by atoms with Gasteiger partial charge in [-0.1, -0.05) is 6.58 Å². The van der Waals surface area contributed by atoms with Crippen molar-refractivity contribution in [3.8, 4) is 0 Å². The van der Waals surface area contributed by atoms with Crippen LogP contribution in [0, 0.1) is 5.92 Å². The minimum absolute atomic E-state index is 0.0365. The minimum atomic E-state index is -0.270. The van der Waals surface area contributed by atoms with Crippen LogP contribution < -0.4 is 10.2 Å². The lowest BCUT2D eigenvalue weighted by Crippen LogP contribution is -2.45. The molecule has 1 fully saturated rings. The van der Waals surface area contributed by atoms with Gasteiger partial charge in [0.2, 0.25) is 5.91 Å². The van der Waals surface area contributed by atoms with Crippen LogP contribution in [0.5, 0.6) is 0 Å². The Morgan fingerprint density at radius 2 is 2.06 bits per heavy atom. The number of carbonyl (C=O) groups is 1. The summed E-state index contributed by atoms with van der Waals surface area (Å²) >= 11 is 0. The van der Waals surface area contributed by atoms with Crippen LogP contribution in [0.2, 0.25) is 0 Å². The van der Waals surface area contributed by atoms with Crippen molar-refractivity contribution in [1.82, 2.24) is 15.3 Å². The van der Waals surface area contributed by atoms with E-state index < -0.39 is 0 Å². The average Bonchev–Trinajstić information content (AvgIpc) is 3.38. The first kappa shape index (κ1) is 23.0. The predicted octanol–water partition coefficient (Wildman–Crippen LogP) is 3.69. The van der Waals surface area contributed by atoms with Gasteiger partial charge in [0, 0.05) is 30.1 Å². The van der Waals surface area contributed by atoms with Crippen molar-refractivity contribution in [2.75, 3.05) is 25.1 Å². The van der Waals surface area contributed by atoms with Crippen LogP contribution in [0.25, 0.3) is 5.70 Å². The van der Waals surface area contributed by atoms with Crippen molar-refractivity contribution >= 4 is 23.6 Å². The molecular formula is C24H35N5O2. The number of fused-ring (bicyclic) bond motifs is 1. The summed E-state index contributed by atoms with van der Waals surface area (Å²) in [6.45, 7) is 12.9. The fourth-order valence-corrected chi connectivity index (χ4v) is 3.48. The third-order valence-electron chi connectivity index (χ3n) is 5.21. The van der Waals surface area contributed by atoms with Crippen molar-refractivity contribution in [2.24, 2.45) is 10.9 Å². The molecule has 0 saturated heterocycles. The number of likely N-dealkylation sites (N-methyl/N-ethyl adjacent to an activating group) is 1. The number of rotatable bonds is 9. The molecule has 0 aliphatic heterocycles. The Bertz CT molecular complexity index is 894. The van der Waals surface area contributed by atoms with Gasteiger partial charge in [-0.25, -0.2) is 9.97 Å². The highest BCUT2D eigenvalue weighted by atomic mass is 16.5. The molecule has 1 aromatic rings. The summed E-state index contributed by atoms with van der Waals surface area (Å²) in [4.78, 5) is 28.1. The molecule has 1 amide bonds. The minimum Gasteiger partial charge on any atom is -0.498 e. The highest BCUT2D eigenvalue weighted by Gasteiger charge is 2.24. The van der Waals surface area contributed by atoms with E-state index in [0.717, 1.165) is 54.6 Å². The van der Waals surface area contributed by atoms with Crippen LogP contribution in [0.3, 0.4) is 0 Å². The summed E-state index contributed by atoms with van der Waals surface area (Å²) in [6, 6.07) is 0. The monoisotopic (exact) mass is 425 g/mol. The predicted molar refractivity (Wildman–Crippen MR) is 125 cm³/mol. The van der Waals surface area contributed by atoms with Crippen LogP contribution >= 0.6 is 0 Å². The molecule has 0 atom stereocenters. The molecular weight excluding hydrogens is 390 g/mol. The molecule has 0 spiro atoms. The lowest BCUT2D eigenvalue weighted by atomic mass is 10.1. The molecule has 3 rings (SSSR count). The lowest BCUT2D eigenvalue weighted by molar-refractivity contribution is -0.121. The first-order valence-corrected chi connectivity index (χ1v) is 11.1.